The molecule has 1 saturated carbocycles. The van der Waals surface area contributed by atoms with Crippen molar-refractivity contribution in [2.75, 3.05) is 39.3 Å². The third kappa shape index (κ3) is 3.89. The number of rotatable bonds is 2. The second-order valence-electron chi connectivity index (χ2n) is 7.67. The molecule has 0 aromatic heterocycles. The van der Waals surface area contributed by atoms with Gasteiger partial charge in [0.25, 0.3) is 0 Å². The molecule has 0 aromatic carbocycles. The van der Waals surface area contributed by atoms with Crippen LogP contribution in [0.15, 0.2) is 0 Å². The van der Waals surface area contributed by atoms with Crippen molar-refractivity contribution in [2.45, 2.75) is 57.7 Å². The van der Waals surface area contributed by atoms with Crippen LogP contribution in [0.3, 0.4) is 0 Å². The van der Waals surface area contributed by atoms with Crippen molar-refractivity contribution in [3.8, 4) is 0 Å². The third-order valence-corrected chi connectivity index (χ3v) is 4.74. The lowest BCUT2D eigenvalue weighted by Gasteiger charge is -2.38. The summed E-state index contributed by atoms with van der Waals surface area (Å²) in [5.41, 5.74) is -0.398. The fourth-order valence-electron chi connectivity index (χ4n) is 3.44. The molecule has 0 bridgehead atoms. The highest BCUT2D eigenvalue weighted by atomic mass is 16.6. The summed E-state index contributed by atoms with van der Waals surface area (Å²) in [6, 6.07) is 1.41. The Bertz CT molecular complexity index is 381. The van der Waals surface area contributed by atoms with Crippen molar-refractivity contribution in [2.24, 2.45) is 0 Å². The quantitative estimate of drug-likeness (QED) is 0.778. The summed E-state index contributed by atoms with van der Waals surface area (Å²) < 4.78 is 5.47. The fourth-order valence-corrected chi connectivity index (χ4v) is 3.44. The first-order valence-electron chi connectivity index (χ1n) is 8.38. The number of amides is 1. The zero-order valence-corrected chi connectivity index (χ0v) is 13.7. The molecule has 5 nitrogen and oxygen atoms in total. The Hall–Kier alpha value is -0.810. The van der Waals surface area contributed by atoms with E-state index in [1.807, 2.05) is 25.7 Å². The van der Waals surface area contributed by atoms with Crippen LogP contribution in [0.4, 0.5) is 4.79 Å². The molecule has 0 radical (unpaired) electrons. The summed E-state index contributed by atoms with van der Waals surface area (Å²) >= 11 is 0. The maximum absolute atomic E-state index is 12.1. The van der Waals surface area contributed by atoms with Crippen LogP contribution in [0.1, 0.15) is 40.0 Å². The molecule has 0 aromatic rings. The summed E-state index contributed by atoms with van der Waals surface area (Å²) in [6.07, 6.45) is 3.73. The van der Waals surface area contributed by atoms with Gasteiger partial charge in [-0.05, 0) is 40.0 Å². The van der Waals surface area contributed by atoms with Gasteiger partial charge in [-0.1, -0.05) is 0 Å². The summed E-state index contributed by atoms with van der Waals surface area (Å²) in [5.74, 6) is 0. The second-order valence-corrected chi connectivity index (χ2v) is 7.67. The van der Waals surface area contributed by atoms with Gasteiger partial charge in [0, 0.05) is 51.4 Å². The summed E-state index contributed by atoms with van der Waals surface area (Å²) in [4.78, 5) is 19.2. The van der Waals surface area contributed by atoms with Gasteiger partial charge < -0.3 is 9.64 Å². The van der Waals surface area contributed by atoms with Gasteiger partial charge in [0.2, 0.25) is 0 Å². The van der Waals surface area contributed by atoms with E-state index in [0.717, 1.165) is 38.6 Å². The van der Waals surface area contributed by atoms with E-state index in [1.54, 1.807) is 0 Å². The Kier molecular flexibility index (Phi) is 4.14. The molecule has 2 aliphatic heterocycles. The number of hydrogen-bond acceptors (Lipinski definition) is 4. The van der Waals surface area contributed by atoms with E-state index in [9.17, 15) is 4.79 Å². The van der Waals surface area contributed by atoms with Crippen LogP contribution in [0.5, 0.6) is 0 Å². The molecule has 5 heteroatoms. The second kappa shape index (κ2) is 5.76. The number of nitrogens with zero attached hydrogens (tertiary/aromatic N) is 3. The molecule has 2 heterocycles. The molecule has 2 saturated heterocycles. The molecule has 3 rings (SSSR count). The largest absolute Gasteiger partial charge is 0.444 e. The summed E-state index contributed by atoms with van der Waals surface area (Å²) in [5, 5.41) is 0. The minimum absolute atomic E-state index is 0.151. The first kappa shape index (κ1) is 15.1. The SMILES string of the molecule is CC(C)(C)OC(=O)N1CC[C@@H](N2CCN(C3CC3)CC2)C1. The van der Waals surface area contributed by atoms with E-state index in [0.29, 0.717) is 6.04 Å². The highest BCUT2D eigenvalue weighted by Gasteiger charge is 2.36. The van der Waals surface area contributed by atoms with E-state index in [-0.39, 0.29) is 6.09 Å². The van der Waals surface area contributed by atoms with E-state index < -0.39 is 5.60 Å². The molecule has 0 spiro atoms. The lowest BCUT2D eigenvalue weighted by molar-refractivity contribution is 0.0268. The average Bonchev–Trinajstić information content (AvgIpc) is 3.14. The zero-order valence-electron chi connectivity index (χ0n) is 13.7. The monoisotopic (exact) mass is 295 g/mol. The number of hydrogen-bond donors (Lipinski definition) is 0. The van der Waals surface area contributed by atoms with Gasteiger partial charge in [-0.25, -0.2) is 4.79 Å². The Balaban J connectivity index is 1.45. The van der Waals surface area contributed by atoms with E-state index >= 15 is 0 Å². The highest BCUT2D eigenvalue weighted by molar-refractivity contribution is 5.68. The van der Waals surface area contributed by atoms with Gasteiger partial charge in [0.05, 0.1) is 0 Å². The average molecular weight is 295 g/mol. The van der Waals surface area contributed by atoms with E-state index in [4.69, 9.17) is 4.74 Å². The van der Waals surface area contributed by atoms with Gasteiger partial charge in [-0.2, -0.15) is 0 Å². The van der Waals surface area contributed by atoms with Crippen molar-refractivity contribution in [1.29, 1.82) is 0 Å². The van der Waals surface area contributed by atoms with Gasteiger partial charge >= 0.3 is 6.09 Å². The molecule has 21 heavy (non-hydrogen) atoms. The van der Waals surface area contributed by atoms with Crippen LogP contribution in [-0.4, -0.2) is 77.7 Å². The van der Waals surface area contributed by atoms with Crippen molar-refractivity contribution >= 4 is 6.09 Å². The van der Waals surface area contributed by atoms with E-state index in [1.165, 1.54) is 25.9 Å². The normalized spacial score (nSPS) is 28.9. The van der Waals surface area contributed by atoms with Crippen molar-refractivity contribution in [3.05, 3.63) is 0 Å². The number of likely N-dealkylation sites (tertiary alicyclic amines) is 1. The maximum Gasteiger partial charge on any atom is 0.410 e. The smallest absolute Gasteiger partial charge is 0.410 e. The van der Waals surface area contributed by atoms with Crippen molar-refractivity contribution < 1.29 is 9.53 Å². The molecule has 0 N–H and O–H groups in total. The number of carbonyl (C=O) groups excluding carboxylic acids is 1. The van der Waals surface area contributed by atoms with E-state index in [2.05, 4.69) is 9.80 Å². The molecule has 3 fully saturated rings. The molecule has 1 atom stereocenters. The molecular formula is C16H29N3O2. The third-order valence-electron chi connectivity index (χ3n) is 4.74. The Morgan fingerprint density at radius 2 is 1.48 bits per heavy atom. The lowest BCUT2D eigenvalue weighted by atomic mass is 10.2. The minimum atomic E-state index is -0.398. The summed E-state index contributed by atoms with van der Waals surface area (Å²) in [6.45, 7) is 12.2. The lowest BCUT2D eigenvalue weighted by Crippen LogP contribution is -2.51. The van der Waals surface area contributed by atoms with Crippen molar-refractivity contribution in [1.82, 2.24) is 14.7 Å². The maximum atomic E-state index is 12.1. The molecule has 1 aliphatic carbocycles. The van der Waals surface area contributed by atoms with Crippen LogP contribution in [0.25, 0.3) is 0 Å². The summed E-state index contributed by atoms with van der Waals surface area (Å²) in [7, 11) is 0. The Labute approximate surface area is 128 Å². The number of piperazine rings is 1. The molecule has 1 amide bonds. The van der Waals surface area contributed by atoms with Crippen molar-refractivity contribution in [3.63, 3.8) is 0 Å². The molecule has 120 valence electrons. The standard InChI is InChI=1S/C16H29N3O2/c1-16(2,3)21-15(20)19-7-6-14(12-19)18-10-8-17(9-11-18)13-4-5-13/h13-14H,4-12H2,1-3H3/t14-/m1/s1. The van der Waals surface area contributed by atoms with Crippen LogP contribution in [0, 0.1) is 0 Å². The number of ether oxygens (including phenoxy) is 1. The van der Waals surface area contributed by atoms with Gasteiger partial charge in [-0.3, -0.25) is 9.80 Å². The first-order chi connectivity index (χ1) is 9.92. The van der Waals surface area contributed by atoms with Crippen LogP contribution < -0.4 is 0 Å². The fraction of sp³-hybridized carbons (Fsp3) is 0.938. The van der Waals surface area contributed by atoms with Crippen LogP contribution >= 0.6 is 0 Å². The minimum Gasteiger partial charge on any atom is -0.444 e. The highest BCUT2D eigenvalue weighted by Crippen LogP contribution is 2.28. The zero-order chi connectivity index (χ0) is 15.0. The Morgan fingerprint density at radius 1 is 0.905 bits per heavy atom. The van der Waals surface area contributed by atoms with Crippen LogP contribution in [-0.2, 0) is 4.74 Å². The van der Waals surface area contributed by atoms with Crippen LogP contribution in [0.2, 0.25) is 0 Å². The van der Waals surface area contributed by atoms with Gasteiger partial charge in [0.15, 0.2) is 0 Å². The first-order valence-corrected chi connectivity index (χ1v) is 8.38. The molecule has 3 aliphatic rings. The predicted molar refractivity (Wildman–Crippen MR) is 82.4 cm³/mol. The molecular weight excluding hydrogens is 266 g/mol. The van der Waals surface area contributed by atoms with Gasteiger partial charge in [-0.15, -0.1) is 0 Å². The topological polar surface area (TPSA) is 36.0 Å². The van der Waals surface area contributed by atoms with Gasteiger partial charge in [0.1, 0.15) is 5.60 Å². The number of carbonyl (C=O) groups is 1. The Morgan fingerprint density at radius 3 is 2.00 bits per heavy atom. The molecule has 0 unspecified atom stereocenters. The predicted octanol–water partition coefficient (Wildman–Crippen LogP) is 1.78.